The lowest BCUT2D eigenvalue weighted by Gasteiger charge is -2.21. The number of anilines is 1. The number of ether oxygens (including phenoxy) is 1. The molecule has 1 heterocycles. The van der Waals surface area contributed by atoms with E-state index in [0.29, 0.717) is 24.2 Å². The topological polar surface area (TPSA) is 82.4 Å². The molecule has 1 aliphatic rings. The summed E-state index contributed by atoms with van der Waals surface area (Å²) in [5.41, 5.74) is 1.06. The Morgan fingerprint density at radius 1 is 1.52 bits per heavy atom. The first-order valence-electron chi connectivity index (χ1n) is 6.76. The molecule has 6 heteroatoms. The van der Waals surface area contributed by atoms with E-state index in [1.807, 2.05) is 11.0 Å². The monoisotopic (exact) mass is 287 g/mol. The Kier molecular flexibility index (Phi) is 4.90. The molecule has 1 fully saturated rings. The zero-order valence-corrected chi connectivity index (χ0v) is 11.8. The minimum absolute atomic E-state index is 0.135. The van der Waals surface area contributed by atoms with Crippen molar-refractivity contribution < 1.29 is 14.3 Å². The first-order valence-corrected chi connectivity index (χ1v) is 6.76. The standard InChI is InChI=1S/C15H17N3O3/c1-21-15(20)13-6-3-7-18(13)10-14(19)17-12-5-2-4-11(8-12)9-16/h2,4-5,8,13H,3,6-7,10H2,1H3,(H,17,19). The Morgan fingerprint density at radius 3 is 3.05 bits per heavy atom. The number of likely N-dealkylation sites (tertiary alicyclic amines) is 1. The molecule has 1 N–H and O–H groups in total. The van der Waals surface area contributed by atoms with Gasteiger partial charge in [-0.3, -0.25) is 14.5 Å². The lowest BCUT2D eigenvalue weighted by molar-refractivity contribution is -0.146. The molecule has 1 amide bonds. The van der Waals surface area contributed by atoms with Crippen molar-refractivity contribution in [1.29, 1.82) is 5.26 Å². The summed E-state index contributed by atoms with van der Waals surface area (Å²) >= 11 is 0. The predicted molar refractivity (Wildman–Crippen MR) is 76.4 cm³/mol. The largest absolute Gasteiger partial charge is 0.468 e. The van der Waals surface area contributed by atoms with Crippen LogP contribution in [0.4, 0.5) is 5.69 Å². The van der Waals surface area contributed by atoms with E-state index in [2.05, 4.69) is 5.32 Å². The molecule has 0 aliphatic carbocycles. The van der Waals surface area contributed by atoms with Crippen LogP contribution in [0.2, 0.25) is 0 Å². The van der Waals surface area contributed by atoms with Gasteiger partial charge in [0.05, 0.1) is 25.3 Å². The minimum Gasteiger partial charge on any atom is -0.468 e. The van der Waals surface area contributed by atoms with E-state index in [9.17, 15) is 9.59 Å². The molecule has 0 bridgehead atoms. The number of nitrogens with one attached hydrogen (secondary N) is 1. The zero-order chi connectivity index (χ0) is 15.2. The zero-order valence-electron chi connectivity index (χ0n) is 11.8. The molecule has 110 valence electrons. The Balaban J connectivity index is 1.95. The second kappa shape index (κ2) is 6.86. The smallest absolute Gasteiger partial charge is 0.323 e. The van der Waals surface area contributed by atoms with Crippen LogP contribution in [0, 0.1) is 11.3 Å². The lowest BCUT2D eigenvalue weighted by Crippen LogP contribution is -2.41. The van der Waals surface area contributed by atoms with Crippen molar-refractivity contribution in [2.75, 3.05) is 25.5 Å². The van der Waals surface area contributed by atoms with E-state index in [0.717, 1.165) is 6.42 Å². The van der Waals surface area contributed by atoms with Gasteiger partial charge in [0, 0.05) is 5.69 Å². The Hall–Kier alpha value is -2.39. The Bertz CT molecular complexity index is 580. The van der Waals surface area contributed by atoms with Crippen LogP contribution in [-0.4, -0.2) is 43.0 Å². The molecule has 0 aromatic heterocycles. The summed E-state index contributed by atoms with van der Waals surface area (Å²) in [5, 5.41) is 11.6. The van der Waals surface area contributed by atoms with Crippen LogP contribution in [0.1, 0.15) is 18.4 Å². The molecule has 1 saturated heterocycles. The van der Waals surface area contributed by atoms with E-state index in [1.54, 1.807) is 24.3 Å². The SMILES string of the molecule is COC(=O)C1CCCN1CC(=O)Nc1cccc(C#N)c1. The van der Waals surface area contributed by atoms with Crippen LogP contribution >= 0.6 is 0 Å². The molecule has 1 atom stereocenters. The van der Waals surface area contributed by atoms with Gasteiger partial charge in [-0.25, -0.2) is 0 Å². The van der Waals surface area contributed by atoms with Crippen LogP contribution in [0.25, 0.3) is 0 Å². The number of hydrogen-bond acceptors (Lipinski definition) is 5. The van der Waals surface area contributed by atoms with Gasteiger partial charge in [-0.1, -0.05) is 6.07 Å². The maximum atomic E-state index is 12.0. The fourth-order valence-corrected chi connectivity index (χ4v) is 2.47. The van der Waals surface area contributed by atoms with E-state index >= 15 is 0 Å². The summed E-state index contributed by atoms with van der Waals surface area (Å²) in [7, 11) is 1.35. The third kappa shape index (κ3) is 3.80. The number of rotatable bonds is 4. The Morgan fingerprint density at radius 2 is 2.33 bits per heavy atom. The van der Waals surface area contributed by atoms with Crippen LogP contribution < -0.4 is 5.32 Å². The average molecular weight is 287 g/mol. The van der Waals surface area contributed by atoms with Crippen molar-refractivity contribution in [2.24, 2.45) is 0 Å². The highest BCUT2D eigenvalue weighted by Crippen LogP contribution is 2.18. The maximum absolute atomic E-state index is 12.0. The van der Waals surface area contributed by atoms with Gasteiger partial charge >= 0.3 is 5.97 Å². The number of esters is 1. The molecule has 0 saturated carbocycles. The van der Waals surface area contributed by atoms with Gasteiger partial charge in [-0.15, -0.1) is 0 Å². The molecular formula is C15H17N3O3. The highest BCUT2D eigenvalue weighted by molar-refractivity contribution is 5.92. The second-order valence-corrected chi connectivity index (χ2v) is 4.89. The van der Waals surface area contributed by atoms with Crippen LogP contribution in [0.15, 0.2) is 24.3 Å². The maximum Gasteiger partial charge on any atom is 0.323 e. The molecular weight excluding hydrogens is 270 g/mol. The third-order valence-corrected chi connectivity index (χ3v) is 3.46. The summed E-state index contributed by atoms with van der Waals surface area (Å²) in [6.45, 7) is 0.835. The first kappa shape index (κ1) is 15.0. The summed E-state index contributed by atoms with van der Waals surface area (Å²) < 4.78 is 4.75. The summed E-state index contributed by atoms with van der Waals surface area (Å²) in [6.07, 6.45) is 1.58. The normalized spacial score (nSPS) is 18.0. The van der Waals surface area contributed by atoms with E-state index in [-0.39, 0.29) is 24.5 Å². The number of methoxy groups -OCH3 is 1. The van der Waals surface area contributed by atoms with Gasteiger partial charge in [-0.2, -0.15) is 5.26 Å². The molecule has 0 radical (unpaired) electrons. The van der Waals surface area contributed by atoms with Gasteiger partial charge in [0.2, 0.25) is 5.91 Å². The molecule has 1 unspecified atom stereocenters. The van der Waals surface area contributed by atoms with Gasteiger partial charge < -0.3 is 10.1 Å². The fraction of sp³-hybridized carbons (Fsp3) is 0.400. The van der Waals surface area contributed by atoms with Crippen LogP contribution in [0.3, 0.4) is 0 Å². The number of carbonyl (C=O) groups is 2. The number of amides is 1. The molecule has 2 rings (SSSR count). The molecule has 6 nitrogen and oxygen atoms in total. The van der Waals surface area contributed by atoms with Crippen molar-refractivity contribution in [3.8, 4) is 6.07 Å². The molecule has 1 aromatic carbocycles. The van der Waals surface area contributed by atoms with E-state index in [1.165, 1.54) is 7.11 Å². The minimum atomic E-state index is -0.341. The molecule has 1 aromatic rings. The summed E-state index contributed by atoms with van der Waals surface area (Å²) in [4.78, 5) is 25.5. The van der Waals surface area contributed by atoms with Gasteiger partial charge in [0.1, 0.15) is 6.04 Å². The van der Waals surface area contributed by atoms with E-state index < -0.39 is 0 Å². The highest BCUT2D eigenvalue weighted by atomic mass is 16.5. The second-order valence-electron chi connectivity index (χ2n) is 4.89. The number of benzene rings is 1. The quantitative estimate of drug-likeness (QED) is 0.840. The third-order valence-electron chi connectivity index (χ3n) is 3.46. The number of nitriles is 1. The van der Waals surface area contributed by atoms with Gasteiger partial charge in [0.15, 0.2) is 0 Å². The summed E-state index contributed by atoms with van der Waals surface area (Å²) in [6, 6.07) is 8.39. The Labute approximate surface area is 123 Å². The molecule has 1 aliphatic heterocycles. The van der Waals surface area contributed by atoms with Crippen molar-refractivity contribution >= 4 is 17.6 Å². The fourth-order valence-electron chi connectivity index (χ4n) is 2.47. The molecule has 21 heavy (non-hydrogen) atoms. The van der Waals surface area contributed by atoms with Crippen molar-refractivity contribution in [3.05, 3.63) is 29.8 Å². The number of hydrogen-bond donors (Lipinski definition) is 1. The van der Waals surface area contributed by atoms with Crippen LogP contribution in [0.5, 0.6) is 0 Å². The number of nitrogens with zero attached hydrogens (tertiary/aromatic N) is 2. The van der Waals surface area contributed by atoms with Crippen molar-refractivity contribution in [2.45, 2.75) is 18.9 Å². The molecule has 0 spiro atoms. The van der Waals surface area contributed by atoms with Crippen LogP contribution in [-0.2, 0) is 14.3 Å². The predicted octanol–water partition coefficient (Wildman–Crippen LogP) is 1.13. The average Bonchev–Trinajstić information content (AvgIpc) is 2.94. The van der Waals surface area contributed by atoms with Gasteiger partial charge in [0.25, 0.3) is 0 Å². The summed E-state index contributed by atoms with van der Waals surface area (Å²) in [5.74, 6) is -0.507. The number of carbonyl (C=O) groups excluding carboxylic acids is 2. The van der Waals surface area contributed by atoms with Gasteiger partial charge in [-0.05, 0) is 37.6 Å². The first-order chi connectivity index (χ1) is 10.1. The van der Waals surface area contributed by atoms with Crippen molar-refractivity contribution in [3.63, 3.8) is 0 Å². The van der Waals surface area contributed by atoms with Crippen molar-refractivity contribution in [1.82, 2.24) is 4.90 Å². The highest BCUT2D eigenvalue weighted by Gasteiger charge is 2.32. The van der Waals surface area contributed by atoms with E-state index in [4.69, 9.17) is 10.00 Å². The lowest BCUT2D eigenvalue weighted by atomic mass is 10.2.